The summed E-state index contributed by atoms with van der Waals surface area (Å²) in [6, 6.07) is 19.7. The van der Waals surface area contributed by atoms with Crippen LogP contribution >= 0.6 is 11.6 Å². The number of nitrogens with one attached hydrogen (secondary N) is 1. The summed E-state index contributed by atoms with van der Waals surface area (Å²) in [5.41, 5.74) is 9.97. The Balaban J connectivity index is 1.72. The van der Waals surface area contributed by atoms with Gasteiger partial charge >= 0.3 is 6.18 Å². The van der Waals surface area contributed by atoms with Crippen molar-refractivity contribution >= 4 is 33.4 Å². The van der Waals surface area contributed by atoms with Gasteiger partial charge in [0.2, 0.25) is 0 Å². The molecule has 1 aliphatic heterocycles. The third-order valence-electron chi connectivity index (χ3n) is 5.73. The van der Waals surface area contributed by atoms with E-state index in [1.807, 2.05) is 42.5 Å². The van der Waals surface area contributed by atoms with Crippen molar-refractivity contribution in [2.24, 2.45) is 15.1 Å². The monoisotopic (exact) mass is 549 g/mol. The molecular weight excluding hydrogens is 527 g/mol. The molecule has 0 spiro atoms. The maximum atomic E-state index is 13.0. The summed E-state index contributed by atoms with van der Waals surface area (Å²) in [5, 5.41) is 2.05. The Bertz CT molecular complexity index is 1410. The number of halogens is 4. The molecule has 2 atom stereocenters. The van der Waals surface area contributed by atoms with Gasteiger partial charge in [0.25, 0.3) is 16.0 Å². The molecule has 0 radical (unpaired) electrons. The van der Waals surface area contributed by atoms with Gasteiger partial charge in [-0.05, 0) is 54.4 Å². The molecule has 0 amide bonds. The van der Waals surface area contributed by atoms with E-state index in [-0.39, 0.29) is 30.3 Å². The van der Waals surface area contributed by atoms with Crippen molar-refractivity contribution in [2.75, 3.05) is 6.54 Å². The fraction of sp³-hybridized carbons (Fsp3) is 0.200. The molecule has 0 saturated carbocycles. The lowest BCUT2D eigenvalue weighted by Crippen LogP contribution is -2.38. The minimum absolute atomic E-state index is 0.0503. The highest BCUT2D eigenvalue weighted by Crippen LogP contribution is 2.37. The summed E-state index contributed by atoms with van der Waals surface area (Å²) in [7, 11) is -4.42. The number of guanidine groups is 1. The van der Waals surface area contributed by atoms with Crippen LogP contribution in [0.1, 0.15) is 35.6 Å². The van der Waals surface area contributed by atoms with E-state index in [2.05, 4.69) is 14.8 Å². The van der Waals surface area contributed by atoms with Gasteiger partial charge in [-0.3, -0.25) is 5.01 Å². The highest BCUT2D eigenvalue weighted by molar-refractivity contribution is 7.90. The van der Waals surface area contributed by atoms with Crippen LogP contribution in [0.3, 0.4) is 0 Å². The molecule has 3 aromatic carbocycles. The molecule has 4 rings (SSSR count). The highest BCUT2D eigenvalue weighted by Gasteiger charge is 2.37. The average Bonchev–Trinajstić information content (AvgIpc) is 3.29. The van der Waals surface area contributed by atoms with E-state index >= 15 is 0 Å². The van der Waals surface area contributed by atoms with Gasteiger partial charge in [-0.2, -0.15) is 26.6 Å². The third-order valence-corrected chi connectivity index (χ3v) is 7.26. The van der Waals surface area contributed by atoms with Crippen LogP contribution in [0.25, 0.3) is 0 Å². The first-order chi connectivity index (χ1) is 17.4. The molecule has 0 bridgehead atoms. The first-order valence-electron chi connectivity index (χ1n) is 11.1. The molecule has 0 aliphatic carbocycles. The first-order valence-corrected chi connectivity index (χ1v) is 12.9. The lowest BCUT2D eigenvalue weighted by Gasteiger charge is -2.20. The topological polar surface area (TPSA) is 100 Å². The van der Waals surface area contributed by atoms with E-state index in [4.69, 9.17) is 17.3 Å². The van der Waals surface area contributed by atoms with Crippen LogP contribution in [0.15, 0.2) is 93.1 Å². The number of nitrogens with two attached hydrogens (primary N) is 1. The molecule has 1 unspecified atom stereocenters. The van der Waals surface area contributed by atoms with Crippen molar-refractivity contribution in [3.63, 3.8) is 0 Å². The summed E-state index contributed by atoms with van der Waals surface area (Å²) in [5.74, 6) is -0.318. The number of rotatable bonds is 4. The van der Waals surface area contributed by atoms with Crippen molar-refractivity contribution in [3.05, 3.63) is 101 Å². The summed E-state index contributed by atoms with van der Waals surface area (Å²) in [6.07, 6.45) is -4.60. The Morgan fingerprint density at radius 2 is 1.62 bits per heavy atom. The molecule has 12 heteroatoms. The fourth-order valence-corrected chi connectivity index (χ4v) is 5.06. The second-order valence-electron chi connectivity index (χ2n) is 8.43. The minimum atomic E-state index is -4.60. The molecule has 37 heavy (non-hydrogen) atoms. The third kappa shape index (κ3) is 6.30. The van der Waals surface area contributed by atoms with Crippen molar-refractivity contribution in [3.8, 4) is 0 Å². The Kier molecular flexibility index (Phi) is 7.58. The lowest BCUT2D eigenvalue weighted by molar-refractivity contribution is -0.137. The van der Waals surface area contributed by atoms with Gasteiger partial charge in [0.1, 0.15) is 0 Å². The fourth-order valence-electron chi connectivity index (χ4n) is 3.99. The average molecular weight is 550 g/mol. The quantitative estimate of drug-likeness (QED) is 0.347. The Hall–Kier alpha value is -3.41. The number of nitrogens with zero attached hydrogens (tertiary/aromatic N) is 3. The predicted molar refractivity (Wildman–Crippen MR) is 137 cm³/mol. The standard InChI is InChI=1S/C25H23ClF3N5O2S/c1-16(30)31-24(33-37(35,36)21-13-9-19(10-14-21)25(27,28)29)34-15-22(17-5-3-2-4-6-17)23(32-34)18-7-11-20(26)12-8-18/h2-14,22-23,32H,15H2,1H3,(H2,30,31,33)/t22-,23?/m1/s1. The number of hydrazine groups is 1. The van der Waals surface area contributed by atoms with Crippen LogP contribution < -0.4 is 11.2 Å². The van der Waals surface area contributed by atoms with E-state index in [1.165, 1.54) is 11.9 Å². The van der Waals surface area contributed by atoms with Crippen molar-refractivity contribution in [1.29, 1.82) is 0 Å². The van der Waals surface area contributed by atoms with Crippen LogP contribution in [0.5, 0.6) is 0 Å². The van der Waals surface area contributed by atoms with E-state index in [0.717, 1.165) is 23.3 Å². The number of sulfonamides is 1. The van der Waals surface area contributed by atoms with Crippen molar-refractivity contribution in [2.45, 2.75) is 30.0 Å². The minimum Gasteiger partial charge on any atom is -0.387 e. The maximum absolute atomic E-state index is 13.0. The van der Waals surface area contributed by atoms with Crippen LogP contribution in [-0.4, -0.2) is 31.8 Å². The first kappa shape index (κ1) is 26.6. The number of aliphatic imine (C=N–C) groups is 1. The summed E-state index contributed by atoms with van der Waals surface area (Å²) in [4.78, 5) is 3.72. The number of alkyl halides is 3. The number of benzene rings is 3. The molecule has 3 aromatic rings. The largest absolute Gasteiger partial charge is 0.416 e. The predicted octanol–water partition coefficient (Wildman–Crippen LogP) is 5.13. The molecule has 7 nitrogen and oxygen atoms in total. The molecule has 1 aliphatic rings. The normalized spacial score (nSPS) is 19.3. The number of hydrogen-bond donors (Lipinski definition) is 2. The van der Waals surface area contributed by atoms with Gasteiger partial charge in [0.05, 0.1) is 22.3 Å². The zero-order valence-corrected chi connectivity index (χ0v) is 21.1. The van der Waals surface area contributed by atoms with E-state index in [9.17, 15) is 21.6 Å². The second-order valence-corrected chi connectivity index (χ2v) is 10.5. The Morgan fingerprint density at radius 3 is 2.19 bits per heavy atom. The number of amidine groups is 1. The maximum Gasteiger partial charge on any atom is 0.416 e. The summed E-state index contributed by atoms with van der Waals surface area (Å²) >= 11 is 6.06. The van der Waals surface area contributed by atoms with Crippen molar-refractivity contribution < 1.29 is 21.6 Å². The van der Waals surface area contributed by atoms with E-state index in [1.54, 1.807) is 12.1 Å². The van der Waals surface area contributed by atoms with Gasteiger partial charge in [0.15, 0.2) is 0 Å². The van der Waals surface area contributed by atoms with E-state index in [0.29, 0.717) is 17.2 Å². The van der Waals surface area contributed by atoms with Crippen molar-refractivity contribution in [1.82, 2.24) is 10.4 Å². The number of hydrogen-bond acceptors (Lipinski definition) is 3. The molecule has 1 fully saturated rings. The van der Waals surface area contributed by atoms with Crippen LogP contribution in [0.2, 0.25) is 5.02 Å². The summed E-state index contributed by atoms with van der Waals surface area (Å²) in [6.45, 7) is 1.76. The van der Waals surface area contributed by atoms with Crippen LogP contribution in [0.4, 0.5) is 13.2 Å². The molecule has 194 valence electrons. The Morgan fingerprint density at radius 1 is 1.00 bits per heavy atom. The molecule has 3 N–H and O–H groups in total. The zero-order valence-electron chi connectivity index (χ0n) is 19.5. The Labute approximate surface area is 217 Å². The van der Waals surface area contributed by atoms with Gasteiger partial charge in [-0.25, -0.2) is 5.43 Å². The molecule has 1 heterocycles. The smallest absolute Gasteiger partial charge is 0.387 e. The van der Waals surface area contributed by atoms with E-state index < -0.39 is 26.7 Å². The molecule has 1 saturated heterocycles. The highest BCUT2D eigenvalue weighted by atomic mass is 35.5. The van der Waals surface area contributed by atoms with Crippen LogP contribution in [-0.2, 0) is 16.2 Å². The van der Waals surface area contributed by atoms with Gasteiger partial charge < -0.3 is 5.73 Å². The van der Waals surface area contributed by atoms with Gasteiger partial charge in [-0.1, -0.05) is 54.1 Å². The van der Waals surface area contributed by atoms with Gasteiger partial charge in [0, 0.05) is 17.5 Å². The zero-order chi connectivity index (χ0) is 26.8. The second kappa shape index (κ2) is 10.5. The van der Waals surface area contributed by atoms with Gasteiger partial charge in [-0.15, -0.1) is 4.40 Å². The SMILES string of the molecule is C/C(N)=N/C(=N\S(=O)(=O)c1ccc(C(F)(F)F)cc1)N1C[C@H](c2ccccc2)C(c2ccc(Cl)cc2)N1. The van der Waals surface area contributed by atoms with Crippen LogP contribution in [0, 0.1) is 0 Å². The molecular formula is C25H23ClF3N5O2S. The summed E-state index contributed by atoms with van der Waals surface area (Å²) < 4.78 is 68.7. The lowest BCUT2D eigenvalue weighted by atomic mass is 9.89. The molecule has 0 aromatic heterocycles.